The van der Waals surface area contributed by atoms with Gasteiger partial charge in [-0.15, -0.1) is 0 Å². The Balaban J connectivity index is 1.49. The van der Waals surface area contributed by atoms with Crippen LogP contribution in [0, 0.1) is 17.8 Å². The predicted molar refractivity (Wildman–Crippen MR) is 83.5 cm³/mol. The SMILES string of the molecule is N[C@H]1C[C@H]2CCCCC1CN2C1C[C@H]2CCC[C@@H](C1)C2. The molecule has 2 heteroatoms. The lowest BCUT2D eigenvalue weighted by atomic mass is 9.69. The van der Waals surface area contributed by atoms with Gasteiger partial charge < -0.3 is 5.73 Å². The maximum Gasteiger partial charge on any atom is 0.0113 e. The van der Waals surface area contributed by atoms with Crippen LogP contribution in [0.4, 0.5) is 0 Å². The Labute approximate surface area is 124 Å². The van der Waals surface area contributed by atoms with Gasteiger partial charge in [0.25, 0.3) is 0 Å². The molecule has 0 aromatic rings. The van der Waals surface area contributed by atoms with Gasteiger partial charge in [-0.25, -0.2) is 0 Å². The lowest BCUT2D eigenvalue weighted by Gasteiger charge is -2.52. The second-order valence-corrected chi connectivity index (χ2v) is 8.32. The number of rotatable bonds is 1. The van der Waals surface area contributed by atoms with Gasteiger partial charge in [0.2, 0.25) is 0 Å². The maximum absolute atomic E-state index is 6.45. The van der Waals surface area contributed by atoms with E-state index in [1.807, 2.05) is 0 Å². The number of piperidine rings is 1. The Morgan fingerprint density at radius 1 is 0.700 bits per heavy atom. The molecule has 3 saturated carbocycles. The molecule has 4 bridgehead atoms. The molecule has 3 aliphatic carbocycles. The number of nitrogens with zero attached hydrogens (tertiary/aromatic N) is 1. The van der Waals surface area contributed by atoms with Crippen molar-refractivity contribution < 1.29 is 0 Å². The van der Waals surface area contributed by atoms with Gasteiger partial charge >= 0.3 is 0 Å². The molecule has 2 heterocycles. The van der Waals surface area contributed by atoms with E-state index in [4.69, 9.17) is 5.73 Å². The maximum atomic E-state index is 6.45. The van der Waals surface area contributed by atoms with Crippen LogP contribution >= 0.6 is 0 Å². The standard InChI is InChI=1S/C18H32N2/c19-18-11-16-7-2-1-6-15(18)12-20(16)17-9-13-4-3-5-14(8-13)10-17/h13-18H,1-12,19H2/t13-,14+,15?,16-,17?,18+/m1/s1. The third-order valence-electron chi connectivity index (χ3n) is 7.00. The van der Waals surface area contributed by atoms with Crippen LogP contribution < -0.4 is 5.73 Å². The van der Waals surface area contributed by atoms with E-state index in [2.05, 4.69) is 4.90 Å². The van der Waals surface area contributed by atoms with Gasteiger partial charge in [0.1, 0.15) is 0 Å². The van der Waals surface area contributed by atoms with Crippen LogP contribution in [0.1, 0.15) is 70.6 Å². The van der Waals surface area contributed by atoms with Crippen molar-refractivity contribution in [1.82, 2.24) is 4.90 Å². The molecule has 0 amide bonds. The molecule has 20 heavy (non-hydrogen) atoms. The number of hydrogen-bond donors (Lipinski definition) is 1. The molecule has 5 rings (SSSR count). The smallest absolute Gasteiger partial charge is 0.0113 e. The predicted octanol–water partition coefficient (Wildman–Crippen LogP) is 3.55. The molecule has 2 unspecified atom stereocenters. The summed E-state index contributed by atoms with van der Waals surface area (Å²) in [6, 6.07) is 2.24. The van der Waals surface area contributed by atoms with Crippen LogP contribution in [-0.2, 0) is 0 Å². The van der Waals surface area contributed by atoms with Crippen molar-refractivity contribution in [2.45, 2.75) is 88.8 Å². The molecule has 0 radical (unpaired) electrons. The van der Waals surface area contributed by atoms with Gasteiger partial charge in [-0.05, 0) is 56.3 Å². The van der Waals surface area contributed by atoms with Crippen molar-refractivity contribution >= 4 is 0 Å². The Kier molecular flexibility index (Phi) is 3.80. The second kappa shape index (κ2) is 5.61. The van der Waals surface area contributed by atoms with Gasteiger partial charge in [-0.2, -0.15) is 0 Å². The zero-order valence-corrected chi connectivity index (χ0v) is 13.0. The molecule has 5 fully saturated rings. The minimum absolute atomic E-state index is 0.500. The molecule has 2 nitrogen and oxygen atoms in total. The first kappa shape index (κ1) is 13.6. The summed E-state index contributed by atoms with van der Waals surface area (Å²) in [6.07, 6.45) is 16.1. The molecule has 0 aromatic carbocycles. The van der Waals surface area contributed by atoms with E-state index in [0.29, 0.717) is 6.04 Å². The number of hydrogen-bond acceptors (Lipinski definition) is 2. The average Bonchev–Trinajstić information content (AvgIpc) is 2.40. The highest BCUT2D eigenvalue weighted by atomic mass is 15.2. The molecule has 6 atom stereocenters. The van der Waals surface area contributed by atoms with Gasteiger partial charge in [0, 0.05) is 24.7 Å². The van der Waals surface area contributed by atoms with Crippen molar-refractivity contribution in [2.75, 3.05) is 6.54 Å². The van der Waals surface area contributed by atoms with Crippen LogP contribution in [0.15, 0.2) is 0 Å². The van der Waals surface area contributed by atoms with Gasteiger partial charge in [0.15, 0.2) is 0 Å². The quantitative estimate of drug-likeness (QED) is 0.793. The van der Waals surface area contributed by atoms with Crippen molar-refractivity contribution in [3.8, 4) is 0 Å². The molecule has 0 spiro atoms. The monoisotopic (exact) mass is 276 g/mol. The first-order valence-corrected chi connectivity index (χ1v) is 9.31. The van der Waals surface area contributed by atoms with E-state index in [1.165, 1.54) is 70.8 Å². The molecule has 5 aliphatic rings. The Morgan fingerprint density at radius 2 is 1.45 bits per heavy atom. The molecule has 2 saturated heterocycles. The lowest BCUT2D eigenvalue weighted by Crippen LogP contribution is -2.58. The number of fused-ring (bicyclic) bond motifs is 7. The van der Waals surface area contributed by atoms with Crippen LogP contribution in [0.3, 0.4) is 0 Å². The summed E-state index contributed by atoms with van der Waals surface area (Å²) in [5.41, 5.74) is 6.45. The van der Waals surface area contributed by atoms with Crippen LogP contribution in [0.25, 0.3) is 0 Å². The summed E-state index contributed by atoms with van der Waals surface area (Å²) in [4.78, 5) is 2.96. The minimum atomic E-state index is 0.500. The average molecular weight is 276 g/mol. The Hall–Kier alpha value is -0.0800. The summed E-state index contributed by atoms with van der Waals surface area (Å²) in [7, 11) is 0. The zero-order valence-electron chi connectivity index (χ0n) is 13.0. The first-order valence-electron chi connectivity index (χ1n) is 9.31. The van der Waals surface area contributed by atoms with Crippen LogP contribution in [-0.4, -0.2) is 29.6 Å². The van der Waals surface area contributed by atoms with E-state index in [-0.39, 0.29) is 0 Å². The summed E-state index contributed by atoms with van der Waals surface area (Å²) in [5.74, 6) is 2.92. The zero-order chi connectivity index (χ0) is 13.5. The van der Waals surface area contributed by atoms with Crippen LogP contribution in [0.2, 0.25) is 0 Å². The molecule has 2 aliphatic heterocycles. The molecular weight excluding hydrogens is 244 g/mol. The lowest BCUT2D eigenvalue weighted by molar-refractivity contribution is -0.0109. The third-order valence-corrected chi connectivity index (χ3v) is 7.00. The summed E-state index contributed by atoms with van der Waals surface area (Å²) in [5, 5.41) is 0. The van der Waals surface area contributed by atoms with Gasteiger partial charge in [0.05, 0.1) is 0 Å². The summed E-state index contributed by atoms with van der Waals surface area (Å²) in [6.45, 7) is 1.33. The highest BCUT2D eigenvalue weighted by molar-refractivity contribution is 4.97. The highest BCUT2D eigenvalue weighted by Gasteiger charge is 2.41. The van der Waals surface area contributed by atoms with Crippen molar-refractivity contribution in [2.24, 2.45) is 23.5 Å². The third kappa shape index (κ3) is 2.54. The molecule has 114 valence electrons. The Morgan fingerprint density at radius 3 is 2.25 bits per heavy atom. The molecular formula is C18H32N2. The van der Waals surface area contributed by atoms with E-state index < -0.39 is 0 Å². The normalized spacial score (nSPS) is 49.6. The topological polar surface area (TPSA) is 29.3 Å². The van der Waals surface area contributed by atoms with E-state index in [9.17, 15) is 0 Å². The van der Waals surface area contributed by atoms with Gasteiger partial charge in [-0.3, -0.25) is 4.90 Å². The minimum Gasteiger partial charge on any atom is -0.327 e. The number of nitrogens with two attached hydrogens (primary N) is 1. The largest absolute Gasteiger partial charge is 0.327 e. The fourth-order valence-corrected chi connectivity index (χ4v) is 5.99. The van der Waals surface area contributed by atoms with Crippen molar-refractivity contribution in [3.63, 3.8) is 0 Å². The fourth-order valence-electron chi connectivity index (χ4n) is 5.99. The summed E-state index contributed by atoms with van der Waals surface area (Å²) >= 11 is 0. The van der Waals surface area contributed by atoms with Crippen molar-refractivity contribution in [1.29, 1.82) is 0 Å². The van der Waals surface area contributed by atoms with Gasteiger partial charge in [-0.1, -0.05) is 32.1 Å². The second-order valence-electron chi connectivity index (χ2n) is 8.32. The Bertz CT molecular complexity index is 330. The van der Waals surface area contributed by atoms with Crippen molar-refractivity contribution in [3.05, 3.63) is 0 Å². The van der Waals surface area contributed by atoms with Crippen LogP contribution in [0.5, 0.6) is 0 Å². The first-order chi connectivity index (χ1) is 9.79. The summed E-state index contributed by atoms with van der Waals surface area (Å²) < 4.78 is 0. The van der Waals surface area contributed by atoms with E-state index in [1.54, 1.807) is 6.42 Å². The highest BCUT2D eigenvalue weighted by Crippen LogP contribution is 2.44. The van der Waals surface area contributed by atoms with E-state index in [0.717, 1.165) is 29.8 Å². The van der Waals surface area contributed by atoms with E-state index >= 15 is 0 Å². The fraction of sp³-hybridized carbons (Fsp3) is 1.00. The molecule has 0 aromatic heterocycles. The molecule has 2 N–H and O–H groups in total.